The van der Waals surface area contributed by atoms with Gasteiger partial charge in [-0.3, -0.25) is 4.79 Å². The fraction of sp³-hybridized carbons (Fsp3) is 0.333. The van der Waals surface area contributed by atoms with E-state index in [1.807, 2.05) is 0 Å². The smallest absolute Gasteiger partial charge is 0.225 e. The fourth-order valence-electron chi connectivity index (χ4n) is 1.27. The number of rotatable bonds is 5. The number of nitrogens with zero attached hydrogens (tertiary/aromatic N) is 1. The number of ether oxygens (including phenoxy) is 1. The Kier molecular flexibility index (Phi) is 5.37. The van der Waals surface area contributed by atoms with Crippen LogP contribution in [0.3, 0.4) is 0 Å². The molecule has 0 aliphatic carbocycles. The molecular formula is C12H15ClN2O2S. The third-order valence-corrected chi connectivity index (χ3v) is 2.82. The van der Waals surface area contributed by atoms with Crippen molar-refractivity contribution in [3.63, 3.8) is 0 Å². The first kappa shape index (κ1) is 14.7. The standard InChI is InChI=1S/C12H15ClN2O2S/c1-15(2)11(16)5-6-17-8-3-4-9(12(14)18)10(13)7-8/h3-4,7H,5-6H2,1-2H3,(H2,14,18). The maximum atomic E-state index is 11.3. The maximum Gasteiger partial charge on any atom is 0.225 e. The molecule has 0 bridgehead atoms. The summed E-state index contributed by atoms with van der Waals surface area (Å²) in [5, 5.41) is 0.443. The number of hydrogen-bond acceptors (Lipinski definition) is 3. The van der Waals surface area contributed by atoms with E-state index < -0.39 is 0 Å². The van der Waals surface area contributed by atoms with Gasteiger partial charge >= 0.3 is 0 Å². The highest BCUT2D eigenvalue weighted by atomic mass is 35.5. The Morgan fingerprint density at radius 2 is 2.17 bits per heavy atom. The third-order valence-electron chi connectivity index (χ3n) is 2.29. The number of carbonyl (C=O) groups is 1. The summed E-state index contributed by atoms with van der Waals surface area (Å²) in [6, 6.07) is 5.06. The molecule has 6 heteroatoms. The zero-order valence-corrected chi connectivity index (χ0v) is 11.8. The van der Waals surface area contributed by atoms with E-state index in [1.165, 1.54) is 4.90 Å². The summed E-state index contributed by atoms with van der Waals surface area (Å²) in [5.74, 6) is 0.604. The summed E-state index contributed by atoms with van der Waals surface area (Å²) in [4.78, 5) is 13.1. The van der Waals surface area contributed by atoms with Gasteiger partial charge in [0.15, 0.2) is 0 Å². The molecule has 1 aromatic rings. The van der Waals surface area contributed by atoms with Crippen LogP contribution in [0.5, 0.6) is 5.75 Å². The number of halogens is 1. The van der Waals surface area contributed by atoms with Crippen LogP contribution >= 0.6 is 23.8 Å². The van der Waals surface area contributed by atoms with Gasteiger partial charge in [0.1, 0.15) is 10.7 Å². The molecule has 4 nitrogen and oxygen atoms in total. The van der Waals surface area contributed by atoms with Gasteiger partial charge in [-0.25, -0.2) is 0 Å². The van der Waals surface area contributed by atoms with Crippen molar-refractivity contribution < 1.29 is 9.53 Å². The van der Waals surface area contributed by atoms with Crippen molar-refractivity contribution >= 4 is 34.7 Å². The van der Waals surface area contributed by atoms with Gasteiger partial charge in [-0.2, -0.15) is 0 Å². The Balaban J connectivity index is 2.57. The van der Waals surface area contributed by atoms with Crippen LogP contribution in [0.1, 0.15) is 12.0 Å². The monoisotopic (exact) mass is 286 g/mol. The SMILES string of the molecule is CN(C)C(=O)CCOc1ccc(C(N)=S)c(Cl)c1. The predicted molar refractivity (Wildman–Crippen MR) is 76.1 cm³/mol. The molecule has 1 aromatic carbocycles. The van der Waals surface area contributed by atoms with Crippen LogP contribution in [0.15, 0.2) is 18.2 Å². The van der Waals surface area contributed by atoms with E-state index in [0.717, 1.165) is 0 Å². The van der Waals surface area contributed by atoms with Crippen LogP contribution in [0, 0.1) is 0 Å². The fourth-order valence-corrected chi connectivity index (χ4v) is 1.77. The zero-order valence-electron chi connectivity index (χ0n) is 10.3. The van der Waals surface area contributed by atoms with Crippen LogP contribution in [0.2, 0.25) is 5.02 Å². The van der Waals surface area contributed by atoms with Crippen LogP contribution in [0.4, 0.5) is 0 Å². The van der Waals surface area contributed by atoms with Gasteiger partial charge in [0.2, 0.25) is 5.91 Å². The molecule has 0 aromatic heterocycles. The summed E-state index contributed by atoms with van der Waals surface area (Å²) in [6.45, 7) is 0.305. The first-order valence-corrected chi connectivity index (χ1v) is 6.12. The molecule has 2 N–H and O–H groups in total. The number of thiocarbonyl (C=S) groups is 1. The second-order valence-electron chi connectivity index (χ2n) is 3.89. The van der Waals surface area contributed by atoms with Crippen LogP contribution in [-0.2, 0) is 4.79 Å². The molecule has 1 amide bonds. The van der Waals surface area contributed by atoms with E-state index in [9.17, 15) is 4.79 Å². The summed E-state index contributed by atoms with van der Waals surface area (Å²) in [7, 11) is 3.41. The number of carbonyl (C=O) groups excluding carboxylic acids is 1. The average Bonchev–Trinajstić information content (AvgIpc) is 2.28. The molecule has 1 rings (SSSR count). The van der Waals surface area contributed by atoms with Crippen molar-refractivity contribution in [2.24, 2.45) is 5.73 Å². The molecule has 0 aliphatic rings. The van der Waals surface area contributed by atoms with Crippen LogP contribution in [-0.4, -0.2) is 36.5 Å². The van der Waals surface area contributed by atoms with E-state index >= 15 is 0 Å². The Labute approximate surface area is 117 Å². The lowest BCUT2D eigenvalue weighted by atomic mass is 10.2. The molecule has 0 atom stereocenters. The summed E-state index contributed by atoms with van der Waals surface area (Å²) in [5.41, 5.74) is 6.11. The molecule has 0 unspecified atom stereocenters. The molecule has 18 heavy (non-hydrogen) atoms. The quantitative estimate of drug-likeness (QED) is 0.839. The topological polar surface area (TPSA) is 55.6 Å². The van der Waals surface area contributed by atoms with Gasteiger partial charge in [-0.1, -0.05) is 23.8 Å². The number of hydrogen-bond donors (Lipinski definition) is 1. The molecule has 0 aliphatic heterocycles. The molecule has 0 spiro atoms. The van der Waals surface area contributed by atoms with Crippen molar-refractivity contribution in [1.29, 1.82) is 0 Å². The minimum Gasteiger partial charge on any atom is -0.493 e. The van der Waals surface area contributed by atoms with Crippen LogP contribution < -0.4 is 10.5 Å². The molecule has 0 radical (unpaired) electrons. The molecule has 0 saturated heterocycles. The summed E-state index contributed by atoms with van der Waals surface area (Å²) in [6.07, 6.45) is 0.321. The molecule has 0 fully saturated rings. The van der Waals surface area contributed by atoms with Gasteiger partial charge in [0.25, 0.3) is 0 Å². The first-order chi connectivity index (χ1) is 8.41. The molecule has 0 heterocycles. The largest absolute Gasteiger partial charge is 0.493 e. The molecule has 0 saturated carbocycles. The third kappa shape index (κ3) is 4.16. The zero-order chi connectivity index (χ0) is 13.7. The lowest BCUT2D eigenvalue weighted by Gasteiger charge is -2.11. The number of nitrogens with two attached hydrogens (primary N) is 1. The second-order valence-corrected chi connectivity index (χ2v) is 4.74. The van der Waals surface area contributed by atoms with Crippen molar-refractivity contribution in [3.05, 3.63) is 28.8 Å². The summed E-state index contributed by atoms with van der Waals surface area (Å²) < 4.78 is 5.43. The minimum atomic E-state index is 0.0147. The number of amides is 1. The van der Waals surface area contributed by atoms with Crippen molar-refractivity contribution in [2.75, 3.05) is 20.7 Å². The second kappa shape index (κ2) is 6.56. The Bertz CT molecular complexity index is 463. The Morgan fingerprint density at radius 3 is 2.67 bits per heavy atom. The lowest BCUT2D eigenvalue weighted by molar-refractivity contribution is -0.129. The van der Waals surface area contributed by atoms with Gasteiger partial charge in [-0.05, 0) is 18.2 Å². The Morgan fingerprint density at radius 1 is 1.50 bits per heavy atom. The maximum absolute atomic E-state index is 11.3. The van der Waals surface area contributed by atoms with Gasteiger partial charge in [0.05, 0.1) is 18.1 Å². The van der Waals surface area contributed by atoms with E-state index in [4.69, 9.17) is 34.3 Å². The van der Waals surface area contributed by atoms with E-state index in [2.05, 4.69) is 0 Å². The van der Waals surface area contributed by atoms with Gasteiger partial charge in [-0.15, -0.1) is 0 Å². The number of benzene rings is 1. The average molecular weight is 287 g/mol. The summed E-state index contributed by atoms with van der Waals surface area (Å²) >= 11 is 10.8. The van der Waals surface area contributed by atoms with Gasteiger partial charge in [0, 0.05) is 19.7 Å². The molecule has 98 valence electrons. The predicted octanol–water partition coefficient (Wildman–Crippen LogP) is 1.83. The van der Waals surface area contributed by atoms with E-state index in [0.29, 0.717) is 29.4 Å². The Hall–Kier alpha value is -1.33. The highest BCUT2D eigenvalue weighted by Gasteiger charge is 2.07. The highest BCUT2D eigenvalue weighted by molar-refractivity contribution is 7.80. The highest BCUT2D eigenvalue weighted by Crippen LogP contribution is 2.22. The van der Waals surface area contributed by atoms with E-state index in [-0.39, 0.29) is 10.9 Å². The van der Waals surface area contributed by atoms with Crippen molar-refractivity contribution in [1.82, 2.24) is 4.90 Å². The lowest BCUT2D eigenvalue weighted by Crippen LogP contribution is -2.23. The minimum absolute atomic E-state index is 0.0147. The normalized spacial score (nSPS) is 9.94. The van der Waals surface area contributed by atoms with Crippen LogP contribution in [0.25, 0.3) is 0 Å². The van der Waals surface area contributed by atoms with Crippen molar-refractivity contribution in [3.8, 4) is 5.75 Å². The van der Waals surface area contributed by atoms with Gasteiger partial charge < -0.3 is 15.4 Å². The van der Waals surface area contributed by atoms with Crippen molar-refractivity contribution in [2.45, 2.75) is 6.42 Å². The first-order valence-electron chi connectivity index (χ1n) is 5.34. The molecular weight excluding hydrogens is 272 g/mol. The van der Waals surface area contributed by atoms with E-state index in [1.54, 1.807) is 32.3 Å².